The van der Waals surface area contributed by atoms with Crippen molar-refractivity contribution in [2.75, 3.05) is 0 Å². The summed E-state index contributed by atoms with van der Waals surface area (Å²) in [5.41, 5.74) is 7.51. The molecule has 1 rings (SSSR count). The van der Waals surface area contributed by atoms with Crippen LogP contribution in [-0.2, 0) is 6.42 Å². The van der Waals surface area contributed by atoms with Crippen LogP contribution in [0.1, 0.15) is 32.8 Å². The summed E-state index contributed by atoms with van der Waals surface area (Å²) >= 11 is 0. The van der Waals surface area contributed by atoms with Crippen LogP contribution in [0, 0.1) is 5.41 Å². The van der Waals surface area contributed by atoms with Gasteiger partial charge >= 0.3 is 0 Å². The first-order valence-corrected chi connectivity index (χ1v) is 4.74. The Hall–Kier alpha value is -0.760. The molecule has 1 unspecified atom stereocenters. The lowest BCUT2D eigenvalue weighted by Crippen LogP contribution is -2.28. The molecule has 0 fully saturated rings. The molecule has 0 aliphatic heterocycles. The highest BCUT2D eigenvalue weighted by atomic mass is 16.3. The van der Waals surface area contributed by atoms with Crippen molar-refractivity contribution in [1.29, 1.82) is 0 Å². The maximum absolute atomic E-state index is 6.01. The van der Waals surface area contributed by atoms with Crippen molar-refractivity contribution in [3.8, 4) is 0 Å². The van der Waals surface area contributed by atoms with Gasteiger partial charge in [-0.25, -0.2) is 0 Å². The largest absolute Gasteiger partial charge is 0.472 e. The van der Waals surface area contributed by atoms with E-state index in [-0.39, 0.29) is 6.04 Å². The van der Waals surface area contributed by atoms with Gasteiger partial charge in [0, 0.05) is 6.04 Å². The molecule has 13 heavy (non-hydrogen) atoms. The molecule has 2 heteroatoms. The van der Waals surface area contributed by atoms with Crippen molar-refractivity contribution < 1.29 is 4.42 Å². The predicted octanol–water partition coefficient (Wildman–Crippen LogP) is 2.59. The molecule has 0 amide bonds. The Morgan fingerprint density at radius 2 is 2.15 bits per heavy atom. The van der Waals surface area contributed by atoms with Crippen molar-refractivity contribution in [1.82, 2.24) is 0 Å². The van der Waals surface area contributed by atoms with E-state index in [0.717, 1.165) is 12.8 Å². The van der Waals surface area contributed by atoms with Crippen LogP contribution in [0.4, 0.5) is 0 Å². The SMILES string of the molecule is CC(C)(C)CC(N)Cc1ccoc1. The molecular weight excluding hydrogens is 162 g/mol. The fourth-order valence-corrected chi connectivity index (χ4v) is 1.57. The molecule has 0 aliphatic rings. The third-order valence-electron chi connectivity index (χ3n) is 1.95. The van der Waals surface area contributed by atoms with E-state index >= 15 is 0 Å². The van der Waals surface area contributed by atoms with Crippen LogP contribution in [-0.4, -0.2) is 6.04 Å². The topological polar surface area (TPSA) is 39.2 Å². The van der Waals surface area contributed by atoms with Crippen LogP contribution in [0.15, 0.2) is 23.0 Å². The number of hydrogen-bond acceptors (Lipinski definition) is 2. The number of rotatable bonds is 3. The monoisotopic (exact) mass is 181 g/mol. The van der Waals surface area contributed by atoms with Crippen molar-refractivity contribution in [2.45, 2.75) is 39.7 Å². The van der Waals surface area contributed by atoms with Gasteiger partial charge in [-0.3, -0.25) is 0 Å². The van der Waals surface area contributed by atoms with Crippen molar-refractivity contribution >= 4 is 0 Å². The highest BCUT2D eigenvalue weighted by Gasteiger charge is 2.15. The molecular formula is C11H19NO. The van der Waals surface area contributed by atoms with Crippen molar-refractivity contribution in [3.05, 3.63) is 24.2 Å². The maximum Gasteiger partial charge on any atom is 0.0935 e. The Morgan fingerprint density at radius 3 is 2.62 bits per heavy atom. The second-order valence-corrected chi connectivity index (χ2v) is 4.86. The minimum absolute atomic E-state index is 0.234. The Bertz CT molecular complexity index is 233. The summed E-state index contributed by atoms with van der Waals surface area (Å²) in [5.74, 6) is 0. The van der Waals surface area contributed by atoms with Crippen molar-refractivity contribution in [2.24, 2.45) is 11.1 Å². The Morgan fingerprint density at radius 1 is 1.46 bits per heavy atom. The van der Waals surface area contributed by atoms with Crippen LogP contribution >= 0.6 is 0 Å². The van der Waals surface area contributed by atoms with Crippen LogP contribution in [0.3, 0.4) is 0 Å². The van der Waals surface area contributed by atoms with Gasteiger partial charge < -0.3 is 10.2 Å². The average Bonchev–Trinajstić information content (AvgIpc) is 2.34. The van der Waals surface area contributed by atoms with E-state index < -0.39 is 0 Å². The van der Waals surface area contributed by atoms with E-state index in [2.05, 4.69) is 20.8 Å². The minimum atomic E-state index is 0.234. The van der Waals surface area contributed by atoms with E-state index in [0.29, 0.717) is 5.41 Å². The lowest BCUT2D eigenvalue weighted by atomic mass is 9.86. The summed E-state index contributed by atoms with van der Waals surface area (Å²) in [4.78, 5) is 0. The molecule has 74 valence electrons. The summed E-state index contributed by atoms with van der Waals surface area (Å²) < 4.78 is 4.99. The fraction of sp³-hybridized carbons (Fsp3) is 0.636. The highest BCUT2D eigenvalue weighted by molar-refractivity contribution is 5.07. The third-order valence-corrected chi connectivity index (χ3v) is 1.95. The highest BCUT2D eigenvalue weighted by Crippen LogP contribution is 2.21. The van der Waals surface area contributed by atoms with Gasteiger partial charge in [-0.1, -0.05) is 20.8 Å². The van der Waals surface area contributed by atoms with Gasteiger partial charge in [0.2, 0.25) is 0 Å². The van der Waals surface area contributed by atoms with E-state index in [4.69, 9.17) is 10.2 Å². The Balaban J connectivity index is 2.38. The average molecular weight is 181 g/mol. The van der Waals surface area contributed by atoms with Gasteiger partial charge in [-0.15, -0.1) is 0 Å². The van der Waals surface area contributed by atoms with E-state index in [1.807, 2.05) is 6.07 Å². The lowest BCUT2D eigenvalue weighted by molar-refractivity contribution is 0.338. The predicted molar refractivity (Wildman–Crippen MR) is 54.5 cm³/mol. The van der Waals surface area contributed by atoms with Gasteiger partial charge in [0.05, 0.1) is 12.5 Å². The van der Waals surface area contributed by atoms with E-state index in [9.17, 15) is 0 Å². The van der Waals surface area contributed by atoms with Crippen LogP contribution in [0.25, 0.3) is 0 Å². The summed E-state index contributed by atoms with van der Waals surface area (Å²) in [6, 6.07) is 2.21. The molecule has 0 aliphatic carbocycles. The molecule has 1 aromatic rings. The van der Waals surface area contributed by atoms with E-state index in [1.54, 1.807) is 12.5 Å². The summed E-state index contributed by atoms with van der Waals surface area (Å²) in [5, 5.41) is 0. The Labute approximate surface area is 80.1 Å². The minimum Gasteiger partial charge on any atom is -0.472 e. The van der Waals surface area contributed by atoms with Crippen molar-refractivity contribution in [3.63, 3.8) is 0 Å². The zero-order valence-corrected chi connectivity index (χ0v) is 8.71. The zero-order chi connectivity index (χ0) is 9.90. The molecule has 1 atom stereocenters. The molecule has 0 aromatic carbocycles. The molecule has 0 saturated carbocycles. The first-order valence-electron chi connectivity index (χ1n) is 4.74. The standard InChI is InChI=1S/C11H19NO/c1-11(2,3)7-10(12)6-9-4-5-13-8-9/h4-5,8,10H,6-7,12H2,1-3H3. The molecule has 1 aromatic heterocycles. The number of furan rings is 1. The van der Waals surface area contributed by atoms with E-state index in [1.165, 1.54) is 5.56 Å². The van der Waals surface area contributed by atoms with Gasteiger partial charge in [-0.2, -0.15) is 0 Å². The van der Waals surface area contributed by atoms with Crippen LogP contribution in [0.2, 0.25) is 0 Å². The summed E-state index contributed by atoms with van der Waals surface area (Å²) in [6.07, 6.45) is 5.41. The zero-order valence-electron chi connectivity index (χ0n) is 8.71. The van der Waals surface area contributed by atoms with Gasteiger partial charge in [0.15, 0.2) is 0 Å². The quantitative estimate of drug-likeness (QED) is 0.778. The molecule has 2 N–H and O–H groups in total. The van der Waals surface area contributed by atoms with Gasteiger partial charge in [-0.05, 0) is 29.9 Å². The first-order chi connectivity index (χ1) is 5.97. The molecule has 0 bridgehead atoms. The third kappa shape index (κ3) is 4.13. The number of hydrogen-bond donors (Lipinski definition) is 1. The van der Waals surface area contributed by atoms with Crippen LogP contribution < -0.4 is 5.73 Å². The second kappa shape index (κ2) is 3.97. The van der Waals surface area contributed by atoms with Crippen LogP contribution in [0.5, 0.6) is 0 Å². The molecule has 0 spiro atoms. The molecule has 1 heterocycles. The smallest absolute Gasteiger partial charge is 0.0935 e. The summed E-state index contributed by atoms with van der Waals surface area (Å²) in [7, 11) is 0. The normalized spacial score (nSPS) is 14.5. The maximum atomic E-state index is 6.01. The Kier molecular flexibility index (Phi) is 3.15. The molecule has 0 saturated heterocycles. The molecule has 2 nitrogen and oxygen atoms in total. The number of nitrogens with two attached hydrogens (primary N) is 1. The summed E-state index contributed by atoms with van der Waals surface area (Å²) in [6.45, 7) is 6.63. The van der Waals surface area contributed by atoms with Gasteiger partial charge in [0.25, 0.3) is 0 Å². The molecule has 0 radical (unpaired) electrons. The fourth-order valence-electron chi connectivity index (χ4n) is 1.57. The second-order valence-electron chi connectivity index (χ2n) is 4.86. The van der Waals surface area contributed by atoms with Gasteiger partial charge in [0.1, 0.15) is 0 Å². The lowest BCUT2D eigenvalue weighted by Gasteiger charge is -2.22. The first kappa shape index (κ1) is 10.3.